The summed E-state index contributed by atoms with van der Waals surface area (Å²) in [5.74, 6) is 1.83. The lowest BCUT2D eigenvalue weighted by atomic mass is 9.94. The maximum atomic E-state index is 2.84. The van der Waals surface area contributed by atoms with Crippen LogP contribution in [-0.4, -0.2) is 22.5 Å². The van der Waals surface area contributed by atoms with Crippen LogP contribution in [0.5, 0.6) is 0 Å². The van der Waals surface area contributed by atoms with Crippen LogP contribution in [0.4, 0.5) is 0 Å². The second kappa shape index (κ2) is 5.73. The van der Waals surface area contributed by atoms with Crippen molar-refractivity contribution in [2.24, 2.45) is 11.8 Å². The van der Waals surface area contributed by atoms with Crippen LogP contribution in [0.25, 0.3) is 0 Å². The Morgan fingerprint density at radius 3 is 2.12 bits per heavy atom. The summed E-state index contributed by atoms with van der Waals surface area (Å²) in [6.45, 7) is 16.0. The first-order valence-electron chi connectivity index (χ1n) is 7.69. The Morgan fingerprint density at radius 2 is 1.65 bits per heavy atom. The SMILES string of the molecule is CC.CC(C)C1CC2CCCC2N1C(C)(C)C. The Morgan fingerprint density at radius 1 is 1.06 bits per heavy atom. The molecule has 1 aliphatic heterocycles. The van der Waals surface area contributed by atoms with Gasteiger partial charge in [-0.2, -0.15) is 0 Å². The molecule has 0 aromatic carbocycles. The van der Waals surface area contributed by atoms with E-state index in [0.29, 0.717) is 5.54 Å². The fourth-order valence-electron chi connectivity index (χ4n) is 3.92. The van der Waals surface area contributed by atoms with Crippen molar-refractivity contribution in [3.05, 3.63) is 0 Å². The van der Waals surface area contributed by atoms with Crippen molar-refractivity contribution < 1.29 is 0 Å². The van der Waals surface area contributed by atoms with E-state index in [4.69, 9.17) is 0 Å². The second-order valence-electron chi connectivity index (χ2n) is 6.88. The van der Waals surface area contributed by atoms with Gasteiger partial charge in [0, 0.05) is 17.6 Å². The first-order chi connectivity index (χ1) is 7.91. The zero-order chi connectivity index (χ0) is 13.2. The van der Waals surface area contributed by atoms with Crippen molar-refractivity contribution in [3.8, 4) is 0 Å². The molecular formula is C16H33N. The smallest absolute Gasteiger partial charge is 0.0132 e. The summed E-state index contributed by atoms with van der Waals surface area (Å²) in [6, 6.07) is 1.73. The first-order valence-corrected chi connectivity index (χ1v) is 7.69. The monoisotopic (exact) mass is 239 g/mol. The van der Waals surface area contributed by atoms with E-state index in [-0.39, 0.29) is 0 Å². The second-order valence-corrected chi connectivity index (χ2v) is 6.88. The maximum absolute atomic E-state index is 2.84. The van der Waals surface area contributed by atoms with Gasteiger partial charge in [-0.3, -0.25) is 4.90 Å². The Balaban J connectivity index is 0.000000686. The number of nitrogens with zero attached hydrogens (tertiary/aromatic N) is 1. The molecule has 1 saturated heterocycles. The zero-order valence-electron chi connectivity index (χ0n) is 13.1. The highest BCUT2D eigenvalue weighted by molar-refractivity contribution is 5.02. The van der Waals surface area contributed by atoms with Gasteiger partial charge in [-0.15, -0.1) is 0 Å². The average molecular weight is 239 g/mol. The van der Waals surface area contributed by atoms with Gasteiger partial charge in [0.25, 0.3) is 0 Å². The molecule has 1 heteroatoms. The van der Waals surface area contributed by atoms with Gasteiger partial charge in [0.2, 0.25) is 0 Å². The summed E-state index contributed by atoms with van der Waals surface area (Å²) in [7, 11) is 0. The molecule has 0 spiro atoms. The minimum atomic E-state index is 0.360. The summed E-state index contributed by atoms with van der Waals surface area (Å²) < 4.78 is 0. The van der Waals surface area contributed by atoms with Gasteiger partial charge in [0.1, 0.15) is 0 Å². The van der Waals surface area contributed by atoms with Gasteiger partial charge >= 0.3 is 0 Å². The fraction of sp³-hybridized carbons (Fsp3) is 1.00. The Kier molecular flexibility index (Phi) is 5.07. The van der Waals surface area contributed by atoms with E-state index < -0.39 is 0 Å². The number of likely N-dealkylation sites (tertiary alicyclic amines) is 1. The van der Waals surface area contributed by atoms with E-state index in [1.54, 1.807) is 0 Å². The highest BCUT2D eigenvalue weighted by Gasteiger charge is 2.48. The molecule has 3 unspecified atom stereocenters. The van der Waals surface area contributed by atoms with Crippen LogP contribution in [0.15, 0.2) is 0 Å². The predicted molar refractivity (Wildman–Crippen MR) is 77.3 cm³/mol. The summed E-state index contributed by atoms with van der Waals surface area (Å²) in [4.78, 5) is 2.84. The molecule has 0 aromatic heterocycles. The summed E-state index contributed by atoms with van der Waals surface area (Å²) >= 11 is 0. The lowest BCUT2D eigenvalue weighted by molar-refractivity contribution is 0.0529. The van der Waals surface area contributed by atoms with Gasteiger partial charge < -0.3 is 0 Å². The van der Waals surface area contributed by atoms with Crippen LogP contribution in [0, 0.1) is 11.8 Å². The molecular weight excluding hydrogens is 206 g/mol. The lowest BCUT2D eigenvalue weighted by Crippen LogP contribution is -2.50. The Hall–Kier alpha value is -0.0400. The molecule has 2 rings (SSSR count). The van der Waals surface area contributed by atoms with E-state index in [9.17, 15) is 0 Å². The Bertz CT molecular complexity index is 226. The van der Waals surface area contributed by atoms with E-state index in [1.165, 1.54) is 25.7 Å². The van der Waals surface area contributed by atoms with Crippen LogP contribution >= 0.6 is 0 Å². The largest absolute Gasteiger partial charge is 0.292 e. The van der Waals surface area contributed by atoms with Crippen molar-refractivity contribution in [2.45, 2.75) is 91.8 Å². The van der Waals surface area contributed by atoms with E-state index in [0.717, 1.165) is 23.9 Å². The standard InChI is InChI=1S/C14H27N.C2H6/c1-10(2)13-9-11-7-6-8-12(11)15(13)14(3,4)5;1-2/h10-13H,6-9H2,1-5H3;1-2H3. The fourth-order valence-corrected chi connectivity index (χ4v) is 3.92. The first kappa shape index (κ1) is 15.0. The highest BCUT2D eigenvalue weighted by Crippen LogP contribution is 2.46. The normalized spacial score (nSPS) is 33.5. The van der Waals surface area contributed by atoms with Crippen LogP contribution in [0.2, 0.25) is 0 Å². The molecule has 1 heterocycles. The third-order valence-corrected chi connectivity index (χ3v) is 4.42. The molecule has 0 amide bonds. The number of fused-ring (bicyclic) bond motifs is 1. The van der Waals surface area contributed by atoms with Crippen molar-refractivity contribution in [3.63, 3.8) is 0 Å². The number of rotatable bonds is 1. The van der Waals surface area contributed by atoms with Crippen molar-refractivity contribution in [2.75, 3.05) is 0 Å². The molecule has 1 saturated carbocycles. The van der Waals surface area contributed by atoms with Gasteiger partial charge in [-0.25, -0.2) is 0 Å². The third kappa shape index (κ3) is 3.05. The topological polar surface area (TPSA) is 3.24 Å². The van der Waals surface area contributed by atoms with Crippen LogP contribution in [0.1, 0.15) is 74.1 Å². The minimum Gasteiger partial charge on any atom is -0.292 e. The van der Waals surface area contributed by atoms with Crippen molar-refractivity contribution in [1.82, 2.24) is 4.90 Å². The van der Waals surface area contributed by atoms with E-state index in [2.05, 4.69) is 39.5 Å². The zero-order valence-corrected chi connectivity index (χ0v) is 13.1. The van der Waals surface area contributed by atoms with E-state index in [1.807, 2.05) is 13.8 Å². The highest BCUT2D eigenvalue weighted by atomic mass is 15.3. The Labute approximate surface area is 109 Å². The molecule has 2 fully saturated rings. The minimum absolute atomic E-state index is 0.360. The molecule has 102 valence electrons. The quantitative estimate of drug-likeness (QED) is 0.640. The maximum Gasteiger partial charge on any atom is 0.0132 e. The van der Waals surface area contributed by atoms with Crippen LogP contribution in [-0.2, 0) is 0 Å². The molecule has 0 aromatic rings. The summed E-state index contributed by atoms with van der Waals surface area (Å²) in [5, 5.41) is 0. The van der Waals surface area contributed by atoms with Gasteiger partial charge in [-0.1, -0.05) is 34.1 Å². The molecule has 3 atom stereocenters. The summed E-state index contributed by atoms with van der Waals surface area (Å²) in [6.07, 6.45) is 5.86. The molecule has 0 bridgehead atoms. The van der Waals surface area contributed by atoms with Gasteiger partial charge in [-0.05, 0) is 51.9 Å². The molecule has 2 aliphatic rings. The number of hydrogen-bond acceptors (Lipinski definition) is 1. The number of hydrogen-bond donors (Lipinski definition) is 0. The molecule has 0 N–H and O–H groups in total. The molecule has 17 heavy (non-hydrogen) atoms. The average Bonchev–Trinajstić information content (AvgIpc) is 2.76. The van der Waals surface area contributed by atoms with E-state index >= 15 is 0 Å². The lowest BCUT2D eigenvalue weighted by Gasteiger charge is -2.42. The van der Waals surface area contributed by atoms with Crippen LogP contribution < -0.4 is 0 Å². The molecule has 1 nitrogen and oxygen atoms in total. The predicted octanol–water partition coefficient (Wildman–Crippen LogP) is 4.71. The van der Waals surface area contributed by atoms with Crippen LogP contribution in [0.3, 0.4) is 0 Å². The van der Waals surface area contributed by atoms with Crippen molar-refractivity contribution >= 4 is 0 Å². The molecule has 0 radical (unpaired) electrons. The summed E-state index contributed by atoms with van der Waals surface area (Å²) in [5.41, 5.74) is 0.360. The van der Waals surface area contributed by atoms with Gasteiger partial charge in [0.15, 0.2) is 0 Å². The van der Waals surface area contributed by atoms with Gasteiger partial charge in [0.05, 0.1) is 0 Å². The molecule has 1 aliphatic carbocycles. The van der Waals surface area contributed by atoms with Crippen molar-refractivity contribution in [1.29, 1.82) is 0 Å². The third-order valence-electron chi connectivity index (χ3n) is 4.42.